The fourth-order valence-corrected chi connectivity index (χ4v) is 13.0. The highest BCUT2D eigenvalue weighted by Crippen LogP contribution is 2.64. The van der Waals surface area contributed by atoms with Crippen LogP contribution in [-0.2, 0) is 5.41 Å². The summed E-state index contributed by atoms with van der Waals surface area (Å²) >= 11 is 1.79. The van der Waals surface area contributed by atoms with Gasteiger partial charge in [-0.15, -0.1) is 11.3 Å². The topological polar surface area (TPSA) is 51.8 Å². The molecule has 320 valence electrons. The first-order valence-electron chi connectivity index (χ1n) is 23.4. The lowest BCUT2D eigenvalue weighted by Gasteiger charge is -2.32. The number of furan rings is 1. The third kappa shape index (κ3) is 5.42. The number of thiophene rings is 1. The molecule has 10 aromatic carbocycles. The second kappa shape index (κ2) is 14.6. The van der Waals surface area contributed by atoms with Crippen molar-refractivity contribution in [2.24, 2.45) is 0 Å². The van der Waals surface area contributed by atoms with Crippen molar-refractivity contribution in [2.45, 2.75) is 5.41 Å². The van der Waals surface area contributed by atoms with Crippen molar-refractivity contribution >= 4 is 53.4 Å². The molecule has 0 bridgehead atoms. The van der Waals surface area contributed by atoms with Crippen molar-refractivity contribution in [2.75, 3.05) is 0 Å². The van der Waals surface area contributed by atoms with Crippen LogP contribution in [0.25, 0.3) is 121 Å². The Morgan fingerprint density at radius 3 is 1.55 bits per heavy atom. The summed E-state index contributed by atoms with van der Waals surface area (Å²) in [5.41, 5.74) is 18.8. The van der Waals surface area contributed by atoms with E-state index in [1.807, 2.05) is 6.07 Å². The van der Waals surface area contributed by atoms with Gasteiger partial charge in [0, 0.05) is 47.6 Å². The Hall–Kier alpha value is -8.77. The maximum absolute atomic E-state index is 6.77. The molecule has 3 aromatic heterocycles. The van der Waals surface area contributed by atoms with Gasteiger partial charge in [-0.1, -0.05) is 194 Å². The third-order valence-electron chi connectivity index (χ3n) is 14.6. The van der Waals surface area contributed by atoms with Crippen LogP contribution < -0.4 is 0 Å². The van der Waals surface area contributed by atoms with Gasteiger partial charge in [-0.25, -0.2) is 15.0 Å². The van der Waals surface area contributed by atoms with E-state index in [4.69, 9.17) is 19.4 Å². The lowest BCUT2D eigenvalue weighted by Crippen LogP contribution is -2.26. The first-order valence-corrected chi connectivity index (χ1v) is 24.2. The van der Waals surface area contributed by atoms with Gasteiger partial charge in [0.15, 0.2) is 17.5 Å². The van der Waals surface area contributed by atoms with Gasteiger partial charge in [0.1, 0.15) is 11.2 Å². The fourth-order valence-electron chi connectivity index (χ4n) is 11.8. The molecular weight excluding hydrogens is 859 g/mol. The molecule has 0 N–H and O–H groups in total. The molecule has 2 aliphatic carbocycles. The molecule has 0 aliphatic heterocycles. The maximum atomic E-state index is 6.77. The molecule has 0 saturated heterocycles. The Morgan fingerprint density at radius 2 is 0.826 bits per heavy atom. The number of aromatic nitrogens is 3. The van der Waals surface area contributed by atoms with Crippen LogP contribution in [0.15, 0.2) is 229 Å². The predicted octanol–water partition coefficient (Wildman–Crippen LogP) is 16.8. The summed E-state index contributed by atoms with van der Waals surface area (Å²) in [4.78, 5) is 16.3. The molecule has 2 aliphatic rings. The van der Waals surface area contributed by atoms with Gasteiger partial charge in [-0.2, -0.15) is 0 Å². The summed E-state index contributed by atoms with van der Waals surface area (Å²) in [7, 11) is 0. The standard InChI is InChI=1S/C64H37N3OS/c1-2-17-38(18-3-1)40-19-4-5-23-46(40)61-65-62(67-63(66-61)49-28-16-34-57-59(49)47-24-9-13-33-56(47)69-57)48-27-15-32-55-58(48)50-37-39(35-36-54(50)68-55)41-25-14-26-45-44-22-8-12-31-53(44)64(60(41)45)51-29-10-6-20-42(51)43-21-7-11-30-52(43)64/h1-37H. The molecule has 15 rings (SSSR count). The Balaban J connectivity index is 0.980. The first-order chi connectivity index (χ1) is 34.2. The quantitative estimate of drug-likeness (QED) is 0.173. The number of fused-ring (bicyclic) bond motifs is 16. The highest BCUT2D eigenvalue weighted by molar-refractivity contribution is 7.25. The van der Waals surface area contributed by atoms with Crippen molar-refractivity contribution in [3.63, 3.8) is 0 Å². The van der Waals surface area contributed by atoms with Crippen LogP contribution in [0.4, 0.5) is 0 Å². The van der Waals surface area contributed by atoms with Gasteiger partial charge in [0.05, 0.1) is 5.41 Å². The minimum Gasteiger partial charge on any atom is -0.456 e. The predicted molar refractivity (Wildman–Crippen MR) is 283 cm³/mol. The molecule has 0 unspecified atom stereocenters. The Bertz CT molecular complexity index is 4210. The zero-order chi connectivity index (χ0) is 45.2. The molecule has 0 saturated carbocycles. The minimum absolute atomic E-state index is 0.487. The number of nitrogens with zero attached hydrogens (tertiary/aromatic N) is 3. The highest BCUT2D eigenvalue weighted by atomic mass is 32.1. The van der Waals surface area contributed by atoms with E-state index >= 15 is 0 Å². The van der Waals surface area contributed by atoms with Crippen molar-refractivity contribution in [3.05, 3.63) is 247 Å². The van der Waals surface area contributed by atoms with Gasteiger partial charge in [0.25, 0.3) is 0 Å². The largest absolute Gasteiger partial charge is 0.456 e. The second-order valence-corrected chi connectivity index (χ2v) is 19.2. The zero-order valence-electron chi connectivity index (χ0n) is 37.0. The number of hydrogen-bond donors (Lipinski definition) is 0. The van der Waals surface area contributed by atoms with Crippen molar-refractivity contribution in [1.29, 1.82) is 0 Å². The highest BCUT2D eigenvalue weighted by Gasteiger charge is 2.52. The van der Waals surface area contributed by atoms with Crippen LogP contribution in [-0.4, -0.2) is 15.0 Å². The molecule has 0 amide bonds. The SMILES string of the molecule is c1ccc(-c2ccccc2-c2nc(-c3cccc4oc5ccc(-c6cccc7c6C6(c8ccccc8-c8ccccc86)c6ccccc6-7)cc5c34)nc(-c3cccc4sc5ccccc5c34)n2)cc1. The zero-order valence-corrected chi connectivity index (χ0v) is 37.8. The number of benzene rings is 10. The summed E-state index contributed by atoms with van der Waals surface area (Å²) in [6.07, 6.45) is 0. The second-order valence-electron chi connectivity index (χ2n) is 18.1. The molecular formula is C64H37N3OS. The Labute approximate surface area is 401 Å². The van der Waals surface area contributed by atoms with Crippen molar-refractivity contribution in [1.82, 2.24) is 15.0 Å². The van der Waals surface area contributed by atoms with Crippen molar-refractivity contribution in [3.8, 4) is 78.7 Å². The Morgan fingerprint density at radius 1 is 0.319 bits per heavy atom. The van der Waals surface area contributed by atoms with Crippen LogP contribution in [0, 0.1) is 0 Å². The Kier molecular flexibility index (Phi) is 8.12. The summed E-state index contributed by atoms with van der Waals surface area (Å²) in [6.45, 7) is 0. The van der Waals surface area contributed by atoms with Crippen LogP contribution in [0.1, 0.15) is 22.3 Å². The summed E-state index contributed by atoms with van der Waals surface area (Å²) in [6, 6.07) is 80.8. The van der Waals surface area contributed by atoms with E-state index in [1.165, 1.54) is 64.9 Å². The fraction of sp³-hybridized carbons (Fsp3) is 0.0156. The number of rotatable bonds is 5. The number of hydrogen-bond acceptors (Lipinski definition) is 5. The van der Waals surface area contributed by atoms with E-state index in [0.717, 1.165) is 60.7 Å². The molecule has 0 atom stereocenters. The van der Waals surface area contributed by atoms with Gasteiger partial charge >= 0.3 is 0 Å². The average molecular weight is 896 g/mol. The molecule has 5 heteroatoms. The van der Waals surface area contributed by atoms with Crippen LogP contribution in [0.3, 0.4) is 0 Å². The summed E-state index contributed by atoms with van der Waals surface area (Å²) in [5, 5.41) is 4.32. The smallest absolute Gasteiger partial charge is 0.164 e. The summed E-state index contributed by atoms with van der Waals surface area (Å²) in [5.74, 6) is 1.82. The van der Waals surface area contributed by atoms with E-state index < -0.39 is 5.41 Å². The monoisotopic (exact) mass is 895 g/mol. The molecule has 1 spiro atoms. The van der Waals surface area contributed by atoms with Gasteiger partial charge in [-0.3, -0.25) is 0 Å². The normalized spacial score (nSPS) is 13.0. The molecule has 0 radical (unpaired) electrons. The molecule has 0 fully saturated rings. The third-order valence-corrected chi connectivity index (χ3v) is 15.7. The van der Waals surface area contributed by atoms with E-state index in [1.54, 1.807) is 11.3 Å². The molecule has 4 nitrogen and oxygen atoms in total. The summed E-state index contributed by atoms with van der Waals surface area (Å²) < 4.78 is 9.19. The van der Waals surface area contributed by atoms with E-state index in [9.17, 15) is 0 Å². The van der Waals surface area contributed by atoms with E-state index in [2.05, 4.69) is 218 Å². The molecule has 13 aromatic rings. The average Bonchev–Trinajstić information content (AvgIpc) is 4.16. The molecule has 69 heavy (non-hydrogen) atoms. The van der Waals surface area contributed by atoms with Gasteiger partial charge < -0.3 is 4.42 Å². The van der Waals surface area contributed by atoms with E-state index in [0.29, 0.717) is 17.5 Å². The van der Waals surface area contributed by atoms with E-state index in [-0.39, 0.29) is 0 Å². The van der Waals surface area contributed by atoms with Crippen molar-refractivity contribution < 1.29 is 4.42 Å². The lowest BCUT2D eigenvalue weighted by molar-refractivity contribution is 0.669. The van der Waals surface area contributed by atoms with Crippen LogP contribution in [0.5, 0.6) is 0 Å². The van der Waals surface area contributed by atoms with Crippen LogP contribution in [0.2, 0.25) is 0 Å². The maximum Gasteiger partial charge on any atom is 0.164 e. The van der Waals surface area contributed by atoms with Crippen LogP contribution >= 0.6 is 11.3 Å². The van der Waals surface area contributed by atoms with Gasteiger partial charge in [-0.05, 0) is 97.1 Å². The first kappa shape index (κ1) is 38.3. The molecule has 3 heterocycles. The minimum atomic E-state index is -0.487. The lowest BCUT2D eigenvalue weighted by atomic mass is 9.68. The van der Waals surface area contributed by atoms with Gasteiger partial charge in [0.2, 0.25) is 0 Å².